The van der Waals surface area contributed by atoms with Crippen LogP contribution in [0.5, 0.6) is 0 Å². The molecule has 0 amide bonds. The number of benzene rings is 1. The van der Waals surface area contributed by atoms with E-state index in [1.165, 1.54) is 5.56 Å². The molecule has 1 aromatic rings. The molecule has 0 radical (unpaired) electrons. The molecule has 15 heavy (non-hydrogen) atoms. The standard InChI is InChI=1S/C12H15BrO2/c1-8(9(2)12(14)15)7-10-3-5-11(13)6-4-10/h3-6,8-9H,7H2,1-2H3,(H,14,15). The molecule has 2 atom stereocenters. The summed E-state index contributed by atoms with van der Waals surface area (Å²) in [5.74, 6) is -0.864. The summed E-state index contributed by atoms with van der Waals surface area (Å²) in [7, 11) is 0. The van der Waals surface area contributed by atoms with Crippen LogP contribution in [0.4, 0.5) is 0 Å². The molecule has 1 rings (SSSR count). The van der Waals surface area contributed by atoms with E-state index in [-0.39, 0.29) is 11.8 Å². The maximum Gasteiger partial charge on any atom is 0.306 e. The van der Waals surface area contributed by atoms with Crippen molar-refractivity contribution in [1.29, 1.82) is 0 Å². The maximum atomic E-state index is 10.8. The summed E-state index contributed by atoms with van der Waals surface area (Å²) in [5, 5.41) is 8.87. The Kier molecular flexibility index (Phi) is 4.33. The summed E-state index contributed by atoms with van der Waals surface area (Å²) in [6.07, 6.45) is 0.806. The van der Waals surface area contributed by atoms with Crippen LogP contribution >= 0.6 is 15.9 Å². The molecule has 0 aliphatic heterocycles. The van der Waals surface area contributed by atoms with Gasteiger partial charge in [-0.2, -0.15) is 0 Å². The van der Waals surface area contributed by atoms with Crippen molar-refractivity contribution >= 4 is 21.9 Å². The molecule has 0 fully saturated rings. The van der Waals surface area contributed by atoms with Crippen molar-refractivity contribution in [3.8, 4) is 0 Å². The quantitative estimate of drug-likeness (QED) is 0.911. The average molecular weight is 271 g/mol. The number of aliphatic carboxylic acids is 1. The van der Waals surface area contributed by atoms with Crippen LogP contribution in [0.2, 0.25) is 0 Å². The molecular formula is C12H15BrO2. The van der Waals surface area contributed by atoms with Crippen molar-refractivity contribution in [1.82, 2.24) is 0 Å². The van der Waals surface area contributed by atoms with Gasteiger partial charge in [0.1, 0.15) is 0 Å². The lowest BCUT2D eigenvalue weighted by molar-refractivity contribution is -0.142. The first kappa shape index (κ1) is 12.2. The van der Waals surface area contributed by atoms with E-state index in [0.29, 0.717) is 0 Å². The van der Waals surface area contributed by atoms with Crippen molar-refractivity contribution in [3.05, 3.63) is 34.3 Å². The van der Waals surface area contributed by atoms with E-state index in [9.17, 15) is 4.79 Å². The van der Waals surface area contributed by atoms with Gasteiger partial charge in [-0.05, 0) is 30.0 Å². The topological polar surface area (TPSA) is 37.3 Å². The predicted octanol–water partition coefficient (Wildman–Crippen LogP) is 3.35. The van der Waals surface area contributed by atoms with Gasteiger partial charge in [-0.3, -0.25) is 4.79 Å². The zero-order valence-corrected chi connectivity index (χ0v) is 10.5. The van der Waals surface area contributed by atoms with Crippen LogP contribution in [0.1, 0.15) is 19.4 Å². The third kappa shape index (κ3) is 3.67. The van der Waals surface area contributed by atoms with Crippen molar-refractivity contribution < 1.29 is 9.90 Å². The second-order valence-electron chi connectivity index (χ2n) is 3.93. The normalized spacial score (nSPS) is 14.6. The van der Waals surface area contributed by atoms with Crippen LogP contribution in [0.15, 0.2) is 28.7 Å². The Hall–Kier alpha value is -0.830. The molecule has 0 aromatic heterocycles. The molecule has 1 aromatic carbocycles. The summed E-state index contributed by atoms with van der Waals surface area (Å²) in [4.78, 5) is 10.8. The summed E-state index contributed by atoms with van der Waals surface area (Å²) in [6.45, 7) is 3.73. The zero-order valence-electron chi connectivity index (χ0n) is 8.90. The van der Waals surface area contributed by atoms with Gasteiger partial charge in [0, 0.05) is 4.47 Å². The molecule has 2 nitrogen and oxygen atoms in total. The van der Waals surface area contributed by atoms with Gasteiger partial charge in [0.15, 0.2) is 0 Å². The minimum Gasteiger partial charge on any atom is -0.481 e. The molecule has 0 heterocycles. The van der Waals surface area contributed by atoms with Gasteiger partial charge in [0.25, 0.3) is 0 Å². The summed E-state index contributed by atoms with van der Waals surface area (Å²) in [5.41, 5.74) is 1.18. The number of carboxylic acids is 1. The van der Waals surface area contributed by atoms with Gasteiger partial charge < -0.3 is 5.11 Å². The lowest BCUT2D eigenvalue weighted by Gasteiger charge is -2.15. The highest BCUT2D eigenvalue weighted by Gasteiger charge is 2.19. The predicted molar refractivity (Wildman–Crippen MR) is 63.8 cm³/mol. The molecule has 0 saturated heterocycles. The number of carbonyl (C=O) groups is 1. The molecule has 0 aliphatic rings. The first-order chi connectivity index (χ1) is 7.00. The van der Waals surface area contributed by atoms with E-state index in [0.717, 1.165) is 10.9 Å². The molecular weight excluding hydrogens is 256 g/mol. The molecule has 1 N–H and O–H groups in total. The van der Waals surface area contributed by atoms with Gasteiger partial charge in [-0.1, -0.05) is 41.9 Å². The van der Waals surface area contributed by atoms with Gasteiger partial charge in [0.05, 0.1) is 5.92 Å². The van der Waals surface area contributed by atoms with Gasteiger partial charge >= 0.3 is 5.97 Å². The highest BCUT2D eigenvalue weighted by molar-refractivity contribution is 9.10. The van der Waals surface area contributed by atoms with Gasteiger partial charge in [0.2, 0.25) is 0 Å². The highest BCUT2D eigenvalue weighted by Crippen LogP contribution is 2.19. The Morgan fingerprint density at radius 1 is 1.33 bits per heavy atom. The van der Waals surface area contributed by atoms with E-state index in [1.54, 1.807) is 6.92 Å². The smallest absolute Gasteiger partial charge is 0.306 e. The lowest BCUT2D eigenvalue weighted by atomic mass is 9.90. The Morgan fingerprint density at radius 2 is 1.87 bits per heavy atom. The van der Waals surface area contributed by atoms with Crippen LogP contribution in [-0.2, 0) is 11.2 Å². The van der Waals surface area contributed by atoms with Crippen LogP contribution in [0.3, 0.4) is 0 Å². The Labute approximate surface area is 98.4 Å². The molecule has 0 bridgehead atoms. The number of halogens is 1. The van der Waals surface area contributed by atoms with E-state index >= 15 is 0 Å². The largest absolute Gasteiger partial charge is 0.481 e. The molecule has 0 aliphatic carbocycles. The van der Waals surface area contributed by atoms with Gasteiger partial charge in [-0.15, -0.1) is 0 Å². The monoisotopic (exact) mass is 270 g/mol. The third-order valence-electron chi connectivity index (χ3n) is 2.71. The molecule has 0 spiro atoms. The number of hydrogen-bond acceptors (Lipinski definition) is 1. The molecule has 3 heteroatoms. The second kappa shape index (κ2) is 5.31. The minimum absolute atomic E-state index is 0.156. The third-order valence-corrected chi connectivity index (χ3v) is 3.24. The molecule has 0 saturated carbocycles. The average Bonchev–Trinajstić information content (AvgIpc) is 2.20. The van der Waals surface area contributed by atoms with E-state index in [4.69, 9.17) is 5.11 Å². The van der Waals surface area contributed by atoms with Crippen molar-refractivity contribution in [3.63, 3.8) is 0 Å². The molecule has 82 valence electrons. The van der Waals surface area contributed by atoms with Crippen LogP contribution < -0.4 is 0 Å². The Balaban J connectivity index is 2.62. The minimum atomic E-state index is -0.723. The molecule has 2 unspecified atom stereocenters. The van der Waals surface area contributed by atoms with Crippen molar-refractivity contribution in [2.75, 3.05) is 0 Å². The number of rotatable bonds is 4. The maximum absolute atomic E-state index is 10.8. The summed E-state index contributed by atoms with van der Waals surface area (Å²) in [6, 6.07) is 8.01. The number of hydrogen-bond donors (Lipinski definition) is 1. The SMILES string of the molecule is CC(Cc1ccc(Br)cc1)C(C)C(=O)O. The van der Waals surface area contributed by atoms with Crippen molar-refractivity contribution in [2.24, 2.45) is 11.8 Å². The summed E-state index contributed by atoms with van der Waals surface area (Å²) >= 11 is 3.37. The van der Waals surface area contributed by atoms with Crippen LogP contribution in [-0.4, -0.2) is 11.1 Å². The van der Waals surface area contributed by atoms with Crippen LogP contribution in [0, 0.1) is 11.8 Å². The fourth-order valence-corrected chi connectivity index (χ4v) is 1.68. The fourth-order valence-electron chi connectivity index (χ4n) is 1.41. The van der Waals surface area contributed by atoms with Gasteiger partial charge in [-0.25, -0.2) is 0 Å². The first-order valence-corrected chi connectivity index (χ1v) is 5.77. The van der Waals surface area contributed by atoms with E-state index in [1.807, 2.05) is 31.2 Å². The van der Waals surface area contributed by atoms with E-state index < -0.39 is 5.97 Å². The number of carboxylic acid groups (broad SMARTS) is 1. The van der Waals surface area contributed by atoms with E-state index in [2.05, 4.69) is 15.9 Å². The summed E-state index contributed by atoms with van der Waals surface area (Å²) < 4.78 is 1.05. The Morgan fingerprint density at radius 3 is 2.33 bits per heavy atom. The fraction of sp³-hybridized carbons (Fsp3) is 0.417. The van der Waals surface area contributed by atoms with Crippen LogP contribution in [0.25, 0.3) is 0 Å². The second-order valence-corrected chi connectivity index (χ2v) is 4.85. The lowest BCUT2D eigenvalue weighted by Crippen LogP contribution is -2.19. The first-order valence-electron chi connectivity index (χ1n) is 4.98. The Bertz CT molecular complexity index is 332. The van der Waals surface area contributed by atoms with Crippen molar-refractivity contribution in [2.45, 2.75) is 20.3 Å². The zero-order chi connectivity index (χ0) is 11.4. The highest BCUT2D eigenvalue weighted by atomic mass is 79.9.